The van der Waals surface area contributed by atoms with Crippen LogP contribution < -0.4 is 21.3 Å². The molecule has 0 aliphatic heterocycles. The van der Waals surface area contributed by atoms with Gasteiger partial charge in [0.1, 0.15) is 0 Å². The highest BCUT2D eigenvalue weighted by Crippen LogP contribution is 2.28. The van der Waals surface area contributed by atoms with E-state index >= 15 is 0 Å². The molecule has 2 aromatic rings. The second-order valence-electron chi connectivity index (χ2n) is 5.07. The SMILES string of the molecule is Cc1cccc(NC(=O)Nc2cccc(N)c2)c1N(C)C. The molecule has 0 spiro atoms. The molecule has 0 heterocycles. The predicted molar refractivity (Wildman–Crippen MR) is 89.0 cm³/mol. The number of para-hydroxylation sites is 1. The Kier molecular flexibility index (Phi) is 4.33. The van der Waals surface area contributed by atoms with E-state index in [4.69, 9.17) is 5.73 Å². The fourth-order valence-corrected chi connectivity index (χ4v) is 2.25. The summed E-state index contributed by atoms with van der Waals surface area (Å²) in [7, 11) is 3.90. The maximum absolute atomic E-state index is 12.1. The fourth-order valence-electron chi connectivity index (χ4n) is 2.25. The third-order valence-corrected chi connectivity index (χ3v) is 3.08. The van der Waals surface area contributed by atoms with Crippen LogP contribution in [-0.4, -0.2) is 20.1 Å². The van der Waals surface area contributed by atoms with Gasteiger partial charge < -0.3 is 21.3 Å². The van der Waals surface area contributed by atoms with Crippen molar-refractivity contribution in [2.75, 3.05) is 35.4 Å². The number of benzene rings is 2. The van der Waals surface area contributed by atoms with Gasteiger partial charge in [-0.15, -0.1) is 0 Å². The third-order valence-electron chi connectivity index (χ3n) is 3.08. The maximum Gasteiger partial charge on any atom is 0.323 e. The Morgan fingerprint density at radius 2 is 1.81 bits per heavy atom. The molecular formula is C16H20N4O. The van der Waals surface area contributed by atoms with Gasteiger partial charge >= 0.3 is 6.03 Å². The summed E-state index contributed by atoms with van der Waals surface area (Å²) in [6.07, 6.45) is 0. The van der Waals surface area contributed by atoms with Gasteiger partial charge in [0.15, 0.2) is 0 Å². The minimum Gasteiger partial charge on any atom is -0.399 e. The summed E-state index contributed by atoms with van der Waals surface area (Å²) in [4.78, 5) is 14.1. The third kappa shape index (κ3) is 3.66. The van der Waals surface area contributed by atoms with Gasteiger partial charge in [0, 0.05) is 25.5 Å². The summed E-state index contributed by atoms with van der Waals surface area (Å²) in [5.74, 6) is 0. The first kappa shape index (κ1) is 14.7. The first-order chi connectivity index (χ1) is 9.97. The number of hydrogen-bond donors (Lipinski definition) is 3. The fraction of sp³-hybridized carbons (Fsp3) is 0.188. The van der Waals surface area contributed by atoms with Crippen LogP contribution in [0.5, 0.6) is 0 Å². The van der Waals surface area contributed by atoms with Crippen molar-refractivity contribution in [2.45, 2.75) is 6.92 Å². The summed E-state index contributed by atoms with van der Waals surface area (Å²) in [6, 6.07) is 12.6. The lowest BCUT2D eigenvalue weighted by atomic mass is 10.1. The van der Waals surface area contributed by atoms with Crippen molar-refractivity contribution in [1.29, 1.82) is 0 Å². The zero-order valence-corrected chi connectivity index (χ0v) is 12.5. The number of nitrogens with zero attached hydrogens (tertiary/aromatic N) is 1. The van der Waals surface area contributed by atoms with Crippen molar-refractivity contribution in [3.63, 3.8) is 0 Å². The molecule has 0 radical (unpaired) electrons. The highest BCUT2D eigenvalue weighted by Gasteiger charge is 2.10. The number of amides is 2. The molecule has 0 atom stereocenters. The summed E-state index contributed by atoms with van der Waals surface area (Å²) in [5.41, 5.74) is 9.81. The van der Waals surface area contributed by atoms with Gasteiger partial charge in [-0.1, -0.05) is 18.2 Å². The molecule has 2 rings (SSSR count). The molecule has 0 saturated heterocycles. The number of nitrogens with one attached hydrogen (secondary N) is 2. The standard InChI is InChI=1S/C16H20N4O/c1-11-6-4-9-14(15(11)20(2)3)19-16(21)18-13-8-5-7-12(17)10-13/h4-10H,17H2,1-3H3,(H2,18,19,21). The molecule has 110 valence electrons. The highest BCUT2D eigenvalue weighted by molar-refractivity contribution is 6.02. The molecule has 0 fully saturated rings. The summed E-state index contributed by atoms with van der Waals surface area (Å²) in [6.45, 7) is 2.01. The summed E-state index contributed by atoms with van der Waals surface area (Å²) >= 11 is 0. The van der Waals surface area contributed by atoms with E-state index in [2.05, 4.69) is 10.6 Å². The molecule has 5 heteroatoms. The van der Waals surface area contributed by atoms with Crippen molar-refractivity contribution in [3.8, 4) is 0 Å². The zero-order chi connectivity index (χ0) is 15.4. The van der Waals surface area contributed by atoms with Gasteiger partial charge in [0.05, 0.1) is 11.4 Å². The van der Waals surface area contributed by atoms with E-state index in [1.54, 1.807) is 24.3 Å². The van der Waals surface area contributed by atoms with E-state index in [1.807, 2.05) is 44.1 Å². The van der Waals surface area contributed by atoms with Gasteiger partial charge in [-0.2, -0.15) is 0 Å². The van der Waals surface area contributed by atoms with Crippen LogP contribution in [0, 0.1) is 6.92 Å². The largest absolute Gasteiger partial charge is 0.399 e. The van der Waals surface area contributed by atoms with Gasteiger partial charge in [-0.05, 0) is 36.8 Å². The topological polar surface area (TPSA) is 70.4 Å². The highest BCUT2D eigenvalue weighted by atomic mass is 16.2. The molecule has 2 amide bonds. The summed E-state index contributed by atoms with van der Waals surface area (Å²) < 4.78 is 0. The lowest BCUT2D eigenvalue weighted by Gasteiger charge is -2.20. The van der Waals surface area contributed by atoms with E-state index in [9.17, 15) is 4.79 Å². The second kappa shape index (κ2) is 6.17. The lowest BCUT2D eigenvalue weighted by Crippen LogP contribution is -2.22. The number of hydrogen-bond acceptors (Lipinski definition) is 3. The normalized spacial score (nSPS) is 10.0. The zero-order valence-electron chi connectivity index (χ0n) is 12.5. The predicted octanol–water partition coefficient (Wildman–Crippen LogP) is 3.29. The van der Waals surface area contributed by atoms with Crippen molar-refractivity contribution < 1.29 is 4.79 Å². The van der Waals surface area contributed by atoms with Crippen molar-refractivity contribution in [1.82, 2.24) is 0 Å². The smallest absolute Gasteiger partial charge is 0.323 e. The van der Waals surface area contributed by atoms with Gasteiger partial charge in [-0.3, -0.25) is 0 Å². The molecule has 0 aromatic heterocycles. The van der Waals surface area contributed by atoms with Crippen LogP contribution in [0.2, 0.25) is 0 Å². The second-order valence-corrected chi connectivity index (χ2v) is 5.07. The molecule has 5 nitrogen and oxygen atoms in total. The van der Waals surface area contributed by atoms with E-state index in [0.717, 1.165) is 16.9 Å². The number of anilines is 4. The number of rotatable bonds is 3. The molecule has 21 heavy (non-hydrogen) atoms. The maximum atomic E-state index is 12.1. The first-order valence-corrected chi connectivity index (χ1v) is 6.68. The number of urea groups is 1. The van der Waals surface area contributed by atoms with Crippen LogP contribution in [0.3, 0.4) is 0 Å². The van der Waals surface area contributed by atoms with Crippen LogP contribution in [0.1, 0.15) is 5.56 Å². The van der Waals surface area contributed by atoms with Crippen molar-refractivity contribution in [2.24, 2.45) is 0 Å². The molecular weight excluding hydrogens is 264 g/mol. The van der Waals surface area contributed by atoms with Crippen LogP contribution in [0.15, 0.2) is 42.5 Å². The number of nitrogen functional groups attached to an aromatic ring is 1. The van der Waals surface area contributed by atoms with Crippen molar-refractivity contribution in [3.05, 3.63) is 48.0 Å². The molecule has 0 saturated carbocycles. The Morgan fingerprint density at radius 1 is 1.10 bits per heavy atom. The van der Waals surface area contributed by atoms with Crippen molar-refractivity contribution >= 4 is 28.8 Å². The average Bonchev–Trinajstić information content (AvgIpc) is 2.37. The van der Waals surface area contributed by atoms with E-state index in [-0.39, 0.29) is 6.03 Å². The van der Waals surface area contributed by atoms with Gasteiger partial charge in [0.25, 0.3) is 0 Å². The monoisotopic (exact) mass is 284 g/mol. The quantitative estimate of drug-likeness (QED) is 0.757. The van der Waals surface area contributed by atoms with E-state index in [0.29, 0.717) is 11.4 Å². The molecule has 4 N–H and O–H groups in total. The number of aryl methyl sites for hydroxylation is 1. The Morgan fingerprint density at radius 3 is 2.48 bits per heavy atom. The molecule has 0 aliphatic carbocycles. The van der Waals surface area contributed by atoms with E-state index in [1.165, 1.54) is 0 Å². The van der Waals surface area contributed by atoms with Crippen LogP contribution in [0.25, 0.3) is 0 Å². The molecule has 0 unspecified atom stereocenters. The Labute approximate surface area is 124 Å². The minimum atomic E-state index is -0.297. The number of carbonyl (C=O) groups is 1. The molecule has 0 aliphatic rings. The van der Waals surface area contributed by atoms with Gasteiger partial charge in [-0.25, -0.2) is 4.79 Å². The number of carbonyl (C=O) groups excluding carboxylic acids is 1. The first-order valence-electron chi connectivity index (χ1n) is 6.68. The summed E-state index contributed by atoms with van der Waals surface area (Å²) in [5, 5.41) is 5.64. The minimum absolute atomic E-state index is 0.297. The van der Waals surface area contributed by atoms with Crippen LogP contribution in [0.4, 0.5) is 27.5 Å². The van der Waals surface area contributed by atoms with Crippen LogP contribution in [-0.2, 0) is 0 Å². The van der Waals surface area contributed by atoms with E-state index < -0.39 is 0 Å². The lowest BCUT2D eigenvalue weighted by molar-refractivity contribution is 0.262. The Hall–Kier alpha value is -2.69. The Bertz CT molecular complexity index is 652. The average molecular weight is 284 g/mol. The Balaban J connectivity index is 2.15. The van der Waals surface area contributed by atoms with Gasteiger partial charge in [0.2, 0.25) is 0 Å². The number of nitrogens with two attached hydrogens (primary N) is 1. The molecule has 0 bridgehead atoms. The van der Waals surface area contributed by atoms with Crippen LogP contribution >= 0.6 is 0 Å². The molecule has 2 aromatic carbocycles.